The number of rotatable bonds is 8. The summed E-state index contributed by atoms with van der Waals surface area (Å²) in [6.07, 6.45) is 0. The zero-order chi connectivity index (χ0) is 22.5. The number of carboxylic acid groups (broad SMARTS) is 2. The average molecular weight is 429 g/mol. The van der Waals surface area contributed by atoms with E-state index < -0.39 is 11.9 Å². The van der Waals surface area contributed by atoms with Crippen LogP contribution in [0.15, 0.2) is 78.9 Å². The number of carbonyl (C=O) groups is 2. The molecule has 0 radical (unpaired) electrons. The molecule has 0 saturated carbocycles. The number of ether oxygens (including phenoxy) is 2. The molecular formula is C25H19NO6. The maximum absolute atomic E-state index is 11.8. The number of nitrogens with zero attached hydrogens (tertiary/aromatic N) is 1. The van der Waals surface area contributed by atoms with Gasteiger partial charge >= 0.3 is 11.9 Å². The third kappa shape index (κ3) is 4.67. The number of benzene rings is 3. The molecule has 4 aromatic rings. The molecule has 2 N–H and O–H groups in total. The zero-order valence-corrected chi connectivity index (χ0v) is 16.9. The van der Waals surface area contributed by atoms with E-state index in [1.807, 2.05) is 60.7 Å². The molecule has 0 spiro atoms. The molecule has 0 aliphatic carbocycles. The number of fused-ring (bicyclic) bond motifs is 1. The van der Waals surface area contributed by atoms with Gasteiger partial charge in [0, 0.05) is 11.5 Å². The standard InChI is InChI=1S/C25H19NO6/c27-24(28)19-11-21(25(29)30)26-20-13-23(32-15-17-9-5-2-6-10-17)22(12-18(19)20)31-14-16-7-3-1-4-8-16/h1-13H,14-15H2,(H,27,28)(H,29,30). The Labute approximate surface area is 183 Å². The first kappa shape index (κ1) is 20.9. The minimum atomic E-state index is -1.31. The van der Waals surface area contributed by atoms with Crippen LogP contribution >= 0.6 is 0 Å². The Kier molecular flexibility index (Phi) is 5.98. The van der Waals surface area contributed by atoms with Gasteiger partial charge in [-0.1, -0.05) is 60.7 Å². The van der Waals surface area contributed by atoms with E-state index in [0.29, 0.717) is 11.5 Å². The van der Waals surface area contributed by atoms with Crippen molar-refractivity contribution in [3.63, 3.8) is 0 Å². The molecule has 0 bridgehead atoms. The van der Waals surface area contributed by atoms with Gasteiger partial charge in [-0.25, -0.2) is 14.6 Å². The second kappa shape index (κ2) is 9.18. The highest BCUT2D eigenvalue weighted by Crippen LogP contribution is 2.35. The Balaban J connectivity index is 1.77. The fourth-order valence-corrected chi connectivity index (χ4v) is 3.22. The molecule has 0 unspecified atom stereocenters. The second-order valence-electron chi connectivity index (χ2n) is 7.03. The summed E-state index contributed by atoms with van der Waals surface area (Å²) >= 11 is 0. The van der Waals surface area contributed by atoms with Crippen LogP contribution in [0, 0.1) is 0 Å². The van der Waals surface area contributed by atoms with Gasteiger partial charge in [0.25, 0.3) is 0 Å². The SMILES string of the molecule is O=C(O)c1cc(C(=O)O)c2cc(OCc3ccccc3)c(OCc3ccccc3)cc2n1. The van der Waals surface area contributed by atoms with Crippen molar-refractivity contribution in [1.82, 2.24) is 4.98 Å². The van der Waals surface area contributed by atoms with Gasteiger partial charge in [0.15, 0.2) is 11.5 Å². The van der Waals surface area contributed by atoms with E-state index in [1.165, 1.54) is 12.1 Å². The highest BCUT2D eigenvalue weighted by atomic mass is 16.5. The largest absolute Gasteiger partial charge is 0.485 e. The van der Waals surface area contributed by atoms with E-state index >= 15 is 0 Å². The van der Waals surface area contributed by atoms with Gasteiger partial charge in [-0.3, -0.25) is 0 Å². The van der Waals surface area contributed by atoms with Crippen LogP contribution in [0.4, 0.5) is 0 Å². The summed E-state index contributed by atoms with van der Waals surface area (Å²) in [7, 11) is 0. The molecule has 1 aromatic heterocycles. The molecule has 7 nitrogen and oxygen atoms in total. The molecular weight excluding hydrogens is 410 g/mol. The first-order valence-electron chi connectivity index (χ1n) is 9.80. The minimum absolute atomic E-state index is 0.174. The van der Waals surface area contributed by atoms with Gasteiger partial charge in [0.05, 0.1) is 11.1 Å². The lowest BCUT2D eigenvalue weighted by molar-refractivity contribution is 0.0691. The van der Waals surface area contributed by atoms with Crippen LogP contribution in [0.5, 0.6) is 11.5 Å². The van der Waals surface area contributed by atoms with E-state index in [9.17, 15) is 19.8 Å². The molecule has 0 aliphatic rings. The molecule has 0 saturated heterocycles. The first-order valence-corrected chi connectivity index (χ1v) is 9.80. The Hall–Kier alpha value is -4.39. The maximum Gasteiger partial charge on any atom is 0.354 e. The van der Waals surface area contributed by atoms with E-state index in [2.05, 4.69) is 4.98 Å². The van der Waals surface area contributed by atoms with Gasteiger partial charge in [0.2, 0.25) is 0 Å². The van der Waals surface area contributed by atoms with Crippen LogP contribution in [0.2, 0.25) is 0 Å². The van der Waals surface area contributed by atoms with Gasteiger partial charge < -0.3 is 19.7 Å². The summed E-state index contributed by atoms with van der Waals surface area (Å²) in [5.41, 5.74) is 1.52. The third-order valence-electron chi connectivity index (χ3n) is 4.80. The van der Waals surface area contributed by atoms with Crippen LogP contribution in [-0.4, -0.2) is 27.1 Å². The van der Waals surface area contributed by atoms with Crippen molar-refractivity contribution < 1.29 is 29.3 Å². The van der Waals surface area contributed by atoms with Crippen molar-refractivity contribution in [3.05, 3.63) is 101 Å². The van der Waals surface area contributed by atoms with Crippen molar-refractivity contribution >= 4 is 22.8 Å². The smallest absolute Gasteiger partial charge is 0.354 e. The summed E-state index contributed by atoms with van der Waals surface area (Å²) in [4.78, 5) is 27.3. The van der Waals surface area contributed by atoms with Crippen molar-refractivity contribution in [2.75, 3.05) is 0 Å². The fraction of sp³-hybridized carbons (Fsp3) is 0.0800. The Morgan fingerprint density at radius 3 is 1.75 bits per heavy atom. The zero-order valence-electron chi connectivity index (χ0n) is 16.9. The first-order chi connectivity index (χ1) is 15.5. The Morgan fingerprint density at radius 1 is 0.719 bits per heavy atom. The quantitative estimate of drug-likeness (QED) is 0.415. The lowest BCUT2D eigenvalue weighted by Gasteiger charge is -2.15. The number of aromatic nitrogens is 1. The lowest BCUT2D eigenvalue weighted by atomic mass is 10.1. The number of hydrogen-bond acceptors (Lipinski definition) is 5. The fourth-order valence-electron chi connectivity index (χ4n) is 3.22. The Morgan fingerprint density at radius 2 is 1.25 bits per heavy atom. The molecule has 32 heavy (non-hydrogen) atoms. The summed E-state index contributed by atoms with van der Waals surface area (Å²) in [6, 6.07) is 23.1. The molecule has 0 amide bonds. The molecule has 160 valence electrons. The summed E-state index contributed by atoms with van der Waals surface area (Å²) in [5.74, 6) is -1.90. The van der Waals surface area contributed by atoms with Gasteiger partial charge in [-0.15, -0.1) is 0 Å². The normalized spacial score (nSPS) is 10.6. The van der Waals surface area contributed by atoms with E-state index in [-0.39, 0.29) is 35.4 Å². The monoisotopic (exact) mass is 429 g/mol. The predicted molar refractivity (Wildman–Crippen MR) is 117 cm³/mol. The second-order valence-corrected chi connectivity index (χ2v) is 7.03. The molecule has 0 atom stereocenters. The van der Waals surface area contributed by atoms with Crippen molar-refractivity contribution in [2.24, 2.45) is 0 Å². The summed E-state index contributed by atoms with van der Waals surface area (Å²) in [5, 5.41) is 19.2. The molecule has 7 heteroatoms. The number of hydrogen-bond donors (Lipinski definition) is 2. The molecule has 4 rings (SSSR count). The van der Waals surface area contributed by atoms with Gasteiger partial charge in [0.1, 0.15) is 18.9 Å². The van der Waals surface area contributed by atoms with E-state index in [0.717, 1.165) is 17.2 Å². The van der Waals surface area contributed by atoms with Crippen LogP contribution in [-0.2, 0) is 13.2 Å². The van der Waals surface area contributed by atoms with Crippen molar-refractivity contribution in [2.45, 2.75) is 13.2 Å². The Bertz CT molecular complexity index is 1270. The average Bonchev–Trinajstić information content (AvgIpc) is 2.81. The van der Waals surface area contributed by atoms with Crippen LogP contribution in [0.3, 0.4) is 0 Å². The minimum Gasteiger partial charge on any atom is -0.485 e. The van der Waals surface area contributed by atoms with Gasteiger partial charge in [-0.2, -0.15) is 0 Å². The number of pyridine rings is 1. The topological polar surface area (TPSA) is 106 Å². The van der Waals surface area contributed by atoms with E-state index in [4.69, 9.17) is 9.47 Å². The van der Waals surface area contributed by atoms with E-state index in [1.54, 1.807) is 0 Å². The summed E-state index contributed by atoms with van der Waals surface area (Å²) < 4.78 is 11.9. The highest BCUT2D eigenvalue weighted by molar-refractivity contribution is 6.05. The van der Waals surface area contributed by atoms with Crippen LogP contribution in [0.25, 0.3) is 10.9 Å². The molecule has 0 aliphatic heterocycles. The van der Waals surface area contributed by atoms with Crippen LogP contribution in [0.1, 0.15) is 32.0 Å². The molecule has 3 aromatic carbocycles. The van der Waals surface area contributed by atoms with Crippen molar-refractivity contribution in [3.8, 4) is 11.5 Å². The highest BCUT2D eigenvalue weighted by Gasteiger charge is 2.19. The van der Waals surface area contributed by atoms with Gasteiger partial charge in [-0.05, 0) is 23.3 Å². The van der Waals surface area contributed by atoms with Crippen molar-refractivity contribution in [1.29, 1.82) is 0 Å². The maximum atomic E-state index is 11.8. The predicted octanol–water partition coefficient (Wildman–Crippen LogP) is 4.79. The third-order valence-corrected chi connectivity index (χ3v) is 4.80. The summed E-state index contributed by atoms with van der Waals surface area (Å²) in [6.45, 7) is 0.496. The number of carboxylic acids is 2. The van der Waals surface area contributed by atoms with Crippen LogP contribution < -0.4 is 9.47 Å². The molecule has 1 heterocycles. The molecule has 0 fully saturated rings. The lowest BCUT2D eigenvalue weighted by Crippen LogP contribution is -2.07. The number of aromatic carboxylic acids is 2.